The van der Waals surface area contributed by atoms with E-state index in [1.54, 1.807) is 6.07 Å². The van der Waals surface area contributed by atoms with Gasteiger partial charge in [0.15, 0.2) is 0 Å². The first-order valence-electron chi connectivity index (χ1n) is 7.33. The van der Waals surface area contributed by atoms with Crippen molar-refractivity contribution < 1.29 is 0 Å². The van der Waals surface area contributed by atoms with Gasteiger partial charge in [-0.05, 0) is 43.0 Å². The Morgan fingerprint density at radius 3 is 2.50 bits per heavy atom. The number of aromatic nitrogens is 2. The molecule has 2 aromatic rings. The average Bonchev–Trinajstić information content (AvgIpc) is 2.43. The Bertz CT molecular complexity index is 775. The van der Waals surface area contributed by atoms with Crippen LogP contribution in [0.4, 0.5) is 0 Å². The molecule has 22 heavy (non-hydrogen) atoms. The van der Waals surface area contributed by atoms with Crippen molar-refractivity contribution in [2.45, 2.75) is 34.2 Å². The van der Waals surface area contributed by atoms with Crippen LogP contribution in [0.15, 0.2) is 29.1 Å². The molecule has 0 radical (unpaired) electrons. The maximum absolute atomic E-state index is 12.3. The zero-order valence-electron chi connectivity index (χ0n) is 13.5. The number of nitrogens with zero attached hydrogens (tertiary/aromatic N) is 2. The first kappa shape index (κ1) is 15.9. The SMILES string of the molecule is Cc1ccc(-c2cc(C(=N)N)c(=O)n(CC(C)C)n2)cc1C. The van der Waals surface area contributed by atoms with Crippen LogP contribution in [-0.4, -0.2) is 15.6 Å². The molecule has 5 nitrogen and oxygen atoms in total. The molecule has 0 atom stereocenters. The van der Waals surface area contributed by atoms with E-state index < -0.39 is 0 Å². The van der Waals surface area contributed by atoms with Gasteiger partial charge in [-0.1, -0.05) is 26.0 Å². The quantitative estimate of drug-likeness (QED) is 0.671. The van der Waals surface area contributed by atoms with Crippen LogP contribution in [0.5, 0.6) is 0 Å². The van der Waals surface area contributed by atoms with Crippen LogP contribution in [0.2, 0.25) is 0 Å². The average molecular weight is 298 g/mol. The minimum atomic E-state index is -0.311. The Balaban J connectivity index is 2.65. The van der Waals surface area contributed by atoms with E-state index >= 15 is 0 Å². The lowest BCUT2D eigenvalue weighted by Gasteiger charge is -2.12. The second-order valence-electron chi connectivity index (χ2n) is 6.04. The Hall–Kier alpha value is -2.43. The van der Waals surface area contributed by atoms with Crippen molar-refractivity contribution in [3.63, 3.8) is 0 Å². The Morgan fingerprint density at radius 1 is 1.27 bits per heavy atom. The zero-order chi connectivity index (χ0) is 16.4. The molecule has 0 aliphatic rings. The first-order valence-corrected chi connectivity index (χ1v) is 7.33. The molecule has 0 saturated heterocycles. The molecule has 0 aliphatic carbocycles. The summed E-state index contributed by atoms with van der Waals surface area (Å²) in [6.07, 6.45) is 0. The van der Waals surface area contributed by atoms with Gasteiger partial charge in [-0.2, -0.15) is 5.10 Å². The molecule has 1 aromatic carbocycles. The fourth-order valence-electron chi connectivity index (χ4n) is 2.25. The van der Waals surface area contributed by atoms with Crippen molar-refractivity contribution in [2.24, 2.45) is 11.7 Å². The molecule has 3 N–H and O–H groups in total. The fourth-order valence-corrected chi connectivity index (χ4v) is 2.25. The molecule has 0 fully saturated rings. The monoisotopic (exact) mass is 298 g/mol. The Morgan fingerprint density at radius 2 is 1.95 bits per heavy atom. The number of hydrogen-bond donors (Lipinski definition) is 2. The van der Waals surface area contributed by atoms with Gasteiger partial charge in [-0.3, -0.25) is 10.2 Å². The third-order valence-electron chi connectivity index (χ3n) is 3.61. The van der Waals surface area contributed by atoms with Gasteiger partial charge < -0.3 is 5.73 Å². The van der Waals surface area contributed by atoms with Crippen LogP contribution in [0.25, 0.3) is 11.3 Å². The van der Waals surface area contributed by atoms with Crippen molar-refractivity contribution in [3.05, 3.63) is 51.3 Å². The van der Waals surface area contributed by atoms with E-state index in [0.29, 0.717) is 12.2 Å². The summed E-state index contributed by atoms with van der Waals surface area (Å²) in [4.78, 5) is 12.3. The summed E-state index contributed by atoms with van der Waals surface area (Å²) in [5.74, 6) is 0.0509. The topological polar surface area (TPSA) is 84.8 Å². The lowest BCUT2D eigenvalue weighted by molar-refractivity contribution is 0.465. The standard InChI is InChI=1S/C17H22N4O/c1-10(2)9-21-17(22)14(16(18)19)8-15(20-21)13-6-5-11(3)12(4)7-13/h5-8,10H,9H2,1-4H3,(H3,18,19). The summed E-state index contributed by atoms with van der Waals surface area (Å²) in [7, 11) is 0. The number of amidine groups is 1. The second kappa shape index (κ2) is 6.13. The third kappa shape index (κ3) is 3.24. The number of nitrogen functional groups attached to an aromatic ring is 1. The molecule has 0 saturated carbocycles. The highest BCUT2D eigenvalue weighted by molar-refractivity contribution is 5.95. The smallest absolute Gasteiger partial charge is 0.277 e. The molecule has 1 heterocycles. The van der Waals surface area contributed by atoms with E-state index in [-0.39, 0.29) is 22.9 Å². The lowest BCUT2D eigenvalue weighted by Crippen LogP contribution is -2.32. The predicted octanol–water partition coefficient (Wildman–Crippen LogP) is 2.47. The normalized spacial score (nSPS) is 11.0. The van der Waals surface area contributed by atoms with Crippen molar-refractivity contribution in [1.82, 2.24) is 9.78 Å². The maximum atomic E-state index is 12.3. The van der Waals surface area contributed by atoms with E-state index in [1.807, 2.05) is 45.9 Å². The van der Waals surface area contributed by atoms with E-state index in [2.05, 4.69) is 5.10 Å². The van der Waals surface area contributed by atoms with Gasteiger partial charge in [0, 0.05) is 12.1 Å². The molecule has 0 aliphatic heterocycles. The lowest BCUT2D eigenvalue weighted by atomic mass is 10.0. The molecular formula is C17H22N4O. The number of nitrogens with one attached hydrogen (secondary N) is 1. The van der Waals surface area contributed by atoms with Crippen molar-refractivity contribution in [1.29, 1.82) is 5.41 Å². The second-order valence-corrected chi connectivity index (χ2v) is 6.04. The van der Waals surface area contributed by atoms with E-state index in [0.717, 1.165) is 11.1 Å². The van der Waals surface area contributed by atoms with Crippen molar-refractivity contribution in [3.8, 4) is 11.3 Å². The molecule has 0 unspecified atom stereocenters. The number of benzene rings is 1. The molecule has 0 bridgehead atoms. The molecule has 1 aromatic heterocycles. The van der Waals surface area contributed by atoms with Gasteiger partial charge in [-0.15, -0.1) is 0 Å². The minimum Gasteiger partial charge on any atom is -0.384 e. The summed E-state index contributed by atoms with van der Waals surface area (Å²) < 4.78 is 1.41. The highest BCUT2D eigenvalue weighted by atomic mass is 16.1. The summed E-state index contributed by atoms with van der Waals surface area (Å²) in [6.45, 7) is 8.62. The van der Waals surface area contributed by atoms with Crippen LogP contribution in [0.3, 0.4) is 0 Å². The van der Waals surface area contributed by atoms with E-state index in [4.69, 9.17) is 11.1 Å². The van der Waals surface area contributed by atoms with E-state index in [9.17, 15) is 4.79 Å². The van der Waals surface area contributed by atoms with Gasteiger partial charge in [0.05, 0.1) is 11.3 Å². The molecule has 5 heteroatoms. The summed E-state index contributed by atoms with van der Waals surface area (Å²) in [5.41, 5.74) is 9.38. The van der Waals surface area contributed by atoms with Crippen LogP contribution in [-0.2, 0) is 6.54 Å². The van der Waals surface area contributed by atoms with Crippen LogP contribution in [0.1, 0.15) is 30.5 Å². The van der Waals surface area contributed by atoms with Gasteiger partial charge in [-0.25, -0.2) is 4.68 Å². The largest absolute Gasteiger partial charge is 0.384 e. The predicted molar refractivity (Wildman–Crippen MR) is 89.3 cm³/mol. The number of rotatable bonds is 4. The van der Waals surface area contributed by atoms with Gasteiger partial charge in [0.1, 0.15) is 5.84 Å². The first-order chi connectivity index (χ1) is 10.3. The van der Waals surface area contributed by atoms with Crippen molar-refractivity contribution >= 4 is 5.84 Å². The van der Waals surface area contributed by atoms with Crippen molar-refractivity contribution in [2.75, 3.05) is 0 Å². The number of nitrogens with two attached hydrogens (primary N) is 1. The zero-order valence-corrected chi connectivity index (χ0v) is 13.5. The summed E-state index contributed by atoms with van der Waals surface area (Å²) in [5, 5.41) is 12.1. The molecule has 116 valence electrons. The maximum Gasteiger partial charge on any atom is 0.277 e. The summed E-state index contributed by atoms with van der Waals surface area (Å²) >= 11 is 0. The highest BCUT2D eigenvalue weighted by Crippen LogP contribution is 2.20. The fraction of sp³-hybridized carbons (Fsp3) is 0.353. The van der Waals surface area contributed by atoms with Gasteiger partial charge in [0.2, 0.25) is 0 Å². The molecule has 2 rings (SSSR count). The number of aryl methyl sites for hydroxylation is 2. The molecule has 0 spiro atoms. The summed E-state index contributed by atoms with van der Waals surface area (Å²) in [6, 6.07) is 7.63. The van der Waals surface area contributed by atoms with Gasteiger partial charge in [0.25, 0.3) is 5.56 Å². The Labute approximate surface area is 130 Å². The Kier molecular flexibility index (Phi) is 4.45. The van der Waals surface area contributed by atoms with Crippen LogP contribution >= 0.6 is 0 Å². The van der Waals surface area contributed by atoms with Crippen LogP contribution in [0, 0.1) is 25.2 Å². The molecule has 0 amide bonds. The van der Waals surface area contributed by atoms with Gasteiger partial charge >= 0.3 is 0 Å². The highest BCUT2D eigenvalue weighted by Gasteiger charge is 2.13. The third-order valence-corrected chi connectivity index (χ3v) is 3.61. The minimum absolute atomic E-state index is 0.198. The van der Waals surface area contributed by atoms with E-state index in [1.165, 1.54) is 10.2 Å². The van der Waals surface area contributed by atoms with Crippen LogP contribution < -0.4 is 11.3 Å². The molecular weight excluding hydrogens is 276 g/mol. The number of hydrogen-bond acceptors (Lipinski definition) is 3.